The van der Waals surface area contributed by atoms with E-state index in [1.165, 1.54) is 14.2 Å². The Morgan fingerprint density at radius 1 is 1.50 bits per heavy atom. The smallest absolute Gasteiger partial charge is 0.337 e. The molecule has 98 valence electrons. The second-order valence-corrected chi connectivity index (χ2v) is 4.86. The first-order valence-electron chi connectivity index (χ1n) is 5.34. The molecule has 0 fully saturated rings. The first-order chi connectivity index (χ1) is 8.51. The Balaban J connectivity index is 3.25. The summed E-state index contributed by atoms with van der Waals surface area (Å²) in [5.74, 6) is -0.905. The zero-order valence-electron chi connectivity index (χ0n) is 10.3. The second kappa shape index (κ2) is 6.00. The van der Waals surface area contributed by atoms with E-state index in [1.807, 2.05) is 0 Å². The molecule has 0 aliphatic heterocycles. The van der Waals surface area contributed by atoms with Crippen molar-refractivity contribution in [2.75, 3.05) is 14.2 Å². The van der Waals surface area contributed by atoms with Gasteiger partial charge in [0.2, 0.25) is 0 Å². The van der Waals surface area contributed by atoms with Crippen LogP contribution in [0.2, 0.25) is 0 Å². The Bertz CT molecular complexity index is 425. The number of alkyl halides is 1. The molecule has 0 spiro atoms. The van der Waals surface area contributed by atoms with Crippen LogP contribution in [-0.2, 0) is 19.1 Å². The van der Waals surface area contributed by atoms with Crippen molar-refractivity contribution < 1.29 is 19.1 Å². The normalized spacial score (nSPS) is 26.2. The third-order valence-electron chi connectivity index (χ3n) is 2.82. The molecule has 0 heterocycles. The lowest BCUT2D eigenvalue weighted by molar-refractivity contribution is -0.149. The van der Waals surface area contributed by atoms with Crippen molar-refractivity contribution in [3.63, 3.8) is 0 Å². The summed E-state index contributed by atoms with van der Waals surface area (Å²) >= 11 is 3.42. The minimum absolute atomic E-state index is 0.260. The lowest BCUT2D eigenvalue weighted by atomic mass is 9.76. The van der Waals surface area contributed by atoms with Crippen LogP contribution in [0.25, 0.3) is 0 Å². The second-order valence-electron chi connectivity index (χ2n) is 3.88. The third-order valence-corrected chi connectivity index (χ3v) is 3.94. The molecule has 4 nitrogen and oxygen atoms in total. The van der Waals surface area contributed by atoms with Crippen LogP contribution < -0.4 is 0 Å². The van der Waals surface area contributed by atoms with E-state index in [0.717, 1.165) is 0 Å². The number of halogens is 1. The Morgan fingerprint density at radius 2 is 2.17 bits per heavy atom. The van der Waals surface area contributed by atoms with Crippen LogP contribution >= 0.6 is 15.9 Å². The Labute approximate surface area is 114 Å². The SMILES string of the molecule is C=CCC1(C(=O)OC)C=C(C(=O)OC)C=CC1Br. The van der Waals surface area contributed by atoms with E-state index in [4.69, 9.17) is 4.74 Å². The lowest BCUT2D eigenvalue weighted by Crippen LogP contribution is -2.39. The molecular formula is C13H15BrO4. The molecule has 0 amide bonds. The van der Waals surface area contributed by atoms with Crippen molar-refractivity contribution in [3.8, 4) is 0 Å². The monoisotopic (exact) mass is 314 g/mol. The number of allylic oxidation sites excluding steroid dienone is 2. The molecule has 0 radical (unpaired) electrons. The van der Waals surface area contributed by atoms with Gasteiger partial charge in [-0.05, 0) is 6.42 Å². The molecule has 0 bridgehead atoms. The van der Waals surface area contributed by atoms with Crippen molar-refractivity contribution in [1.29, 1.82) is 0 Å². The third kappa shape index (κ3) is 2.56. The van der Waals surface area contributed by atoms with Gasteiger partial charge in [-0.15, -0.1) is 6.58 Å². The summed E-state index contributed by atoms with van der Waals surface area (Å²) in [5.41, 5.74) is -0.630. The average Bonchev–Trinajstić information content (AvgIpc) is 2.39. The van der Waals surface area contributed by atoms with Crippen LogP contribution in [0.3, 0.4) is 0 Å². The maximum atomic E-state index is 12.0. The van der Waals surface area contributed by atoms with Crippen LogP contribution in [0.15, 0.2) is 36.5 Å². The predicted octanol–water partition coefficient (Wildman–Crippen LogP) is 2.15. The summed E-state index contributed by atoms with van der Waals surface area (Å²) in [6, 6.07) is 0. The fourth-order valence-electron chi connectivity index (χ4n) is 1.87. The summed E-state index contributed by atoms with van der Waals surface area (Å²) in [6.07, 6.45) is 6.91. The molecule has 1 rings (SSSR count). The van der Waals surface area contributed by atoms with E-state index in [0.29, 0.717) is 12.0 Å². The minimum Gasteiger partial charge on any atom is -0.468 e. The van der Waals surface area contributed by atoms with Crippen LogP contribution in [0.1, 0.15) is 6.42 Å². The van der Waals surface area contributed by atoms with Crippen molar-refractivity contribution in [1.82, 2.24) is 0 Å². The highest BCUT2D eigenvalue weighted by Crippen LogP contribution is 2.40. The maximum Gasteiger partial charge on any atom is 0.337 e. The van der Waals surface area contributed by atoms with Gasteiger partial charge in [-0.25, -0.2) is 4.79 Å². The van der Waals surface area contributed by atoms with Gasteiger partial charge in [-0.1, -0.05) is 40.2 Å². The molecule has 1 aliphatic rings. The highest BCUT2D eigenvalue weighted by atomic mass is 79.9. The quantitative estimate of drug-likeness (QED) is 0.453. The fraction of sp³-hybridized carbons (Fsp3) is 0.385. The zero-order valence-corrected chi connectivity index (χ0v) is 11.9. The molecule has 0 aromatic heterocycles. The molecule has 2 atom stereocenters. The van der Waals surface area contributed by atoms with E-state index in [1.54, 1.807) is 24.3 Å². The summed E-state index contributed by atoms with van der Waals surface area (Å²) < 4.78 is 9.49. The molecule has 0 N–H and O–H groups in total. The molecule has 2 unspecified atom stereocenters. The largest absolute Gasteiger partial charge is 0.468 e. The summed E-state index contributed by atoms with van der Waals surface area (Å²) in [7, 11) is 2.61. The number of hydrogen-bond acceptors (Lipinski definition) is 4. The number of carbonyl (C=O) groups is 2. The average molecular weight is 315 g/mol. The molecule has 0 saturated heterocycles. The van der Waals surface area contributed by atoms with Gasteiger partial charge in [-0.2, -0.15) is 0 Å². The Morgan fingerprint density at radius 3 is 2.67 bits per heavy atom. The van der Waals surface area contributed by atoms with Gasteiger partial charge in [0, 0.05) is 0 Å². The van der Waals surface area contributed by atoms with Gasteiger partial charge in [0.1, 0.15) is 5.41 Å². The number of esters is 2. The summed E-state index contributed by atoms with van der Waals surface area (Å²) in [4.78, 5) is 23.3. The van der Waals surface area contributed by atoms with Crippen molar-refractivity contribution in [2.45, 2.75) is 11.2 Å². The number of methoxy groups -OCH3 is 2. The molecule has 18 heavy (non-hydrogen) atoms. The fourth-order valence-corrected chi connectivity index (χ4v) is 2.52. The number of ether oxygens (including phenoxy) is 2. The van der Waals surface area contributed by atoms with Gasteiger partial charge in [-0.3, -0.25) is 4.79 Å². The van der Waals surface area contributed by atoms with E-state index >= 15 is 0 Å². The highest BCUT2D eigenvalue weighted by Gasteiger charge is 2.44. The van der Waals surface area contributed by atoms with E-state index in [2.05, 4.69) is 27.2 Å². The van der Waals surface area contributed by atoms with Crippen LogP contribution in [0.4, 0.5) is 0 Å². The van der Waals surface area contributed by atoms with Crippen LogP contribution in [-0.4, -0.2) is 31.0 Å². The summed E-state index contributed by atoms with van der Waals surface area (Å²) in [5, 5.41) is 0. The van der Waals surface area contributed by atoms with Gasteiger partial charge in [0.15, 0.2) is 0 Å². The van der Waals surface area contributed by atoms with Crippen LogP contribution in [0, 0.1) is 5.41 Å². The molecule has 0 aromatic rings. The van der Waals surface area contributed by atoms with E-state index in [-0.39, 0.29) is 4.83 Å². The minimum atomic E-state index is -0.964. The van der Waals surface area contributed by atoms with E-state index < -0.39 is 17.4 Å². The van der Waals surface area contributed by atoms with Gasteiger partial charge >= 0.3 is 11.9 Å². The standard InChI is InChI=1S/C13H15BrO4/c1-4-7-13(12(16)18-3)8-9(11(15)17-2)5-6-10(13)14/h4-6,8,10H,1,7H2,2-3H3. The van der Waals surface area contributed by atoms with Crippen molar-refractivity contribution >= 4 is 27.9 Å². The first kappa shape index (κ1) is 14.7. The van der Waals surface area contributed by atoms with Gasteiger partial charge in [0.05, 0.1) is 24.6 Å². The Kier molecular flexibility index (Phi) is 4.90. The Hall–Kier alpha value is -1.36. The molecule has 0 aromatic carbocycles. The molecule has 1 aliphatic carbocycles. The molecular weight excluding hydrogens is 300 g/mol. The lowest BCUT2D eigenvalue weighted by Gasteiger charge is -2.32. The number of rotatable bonds is 4. The van der Waals surface area contributed by atoms with Crippen LogP contribution in [0.5, 0.6) is 0 Å². The molecule has 5 heteroatoms. The topological polar surface area (TPSA) is 52.6 Å². The van der Waals surface area contributed by atoms with Crippen molar-refractivity contribution in [3.05, 3.63) is 36.5 Å². The highest BCUT2D eigenvalue weighted by molar-refractivity contribution is 9.09. The molecule has 0 saturated carbocycles. The van der Waals surface area contributed by atoms with Gasteiger partial charge in [0.25, 0.3) is 0 Å². The zero-order chi connectivity index (χ0) is 13.8. The summed E-state index contributed by atoms with van der Waals surface area (Å²) in [6.45, 7) is 3.64. The van der Waals surface area contributed by atoms with E-state index in [9.17, 15) is 9.59 Å². The predicted molar refractivity (Wildman–Crippen MR) is 71.2 cm³/mol. The maximum absolute atomic E-state index is 12.0. The van der Waals surface area contributed by atoms with Gasteiger partial charge < -0.3 is 9.47 Å². The number of carbonyl (C=O) groups excluding carboxylic acids is 2. The first-order valence-corrected chi connectivity index (χ1v) is 6.26. The number of hydrogen-bond donors (Lipinski definition) is 0. The van der Waals surface area contributed by atoms with Crippen molar-refractivity contribution in [2.24, 2.45) is 5.41 Å².